The van der Waals surface area contributed by atoms with Crippen molar-refractivity contribution in [3.05, 3.63) is 0 Å². The number of carbonyl (C=O) groups is 1. The van der Waals surface area contributed by atoms with Crippen molar-refractivity contribution >= 4 is 5.97 Å². The number of rotatable bonds is 3. The Labute approximate surface area is 74.0 Å². The van der Waals surface area contributed by atoms with Gasteiger partial charge in [0.2, 0.25) is 0 Å². The second kappa shape index (κ2) is 5.65. The van der Waals surface area contributed by atoms with Crippen LogP contribution < -0.4 is 0 Å². The van der Waals surface area contributed by atoms with E-state index in [-0.39, 0.29) is 5.92 Å². The van der Waals surface area contributed by atoms with Crippen LogP contribution in [0.3, 0.4) is 0 Å². The number of hydrogen-bond acceptors (Lipinski definition) is 1. The molecule has 2 nitrogen and oxygen atoms in total. The van der Waals surface area contributed by atoms with Crippen LogP contribution in [-0.4, -0.2) is 11.1 Å². The molecule has 0 fully saturated rings. The maximum absolute atomic E-state index is 10.1. The molecule has 1 N–H and O–H groups in total. The molecule has 0 spiro atoms. The molecule has 0 aliphatic carbocycles. The van der Waals surface area contributed by atoms with Crippen LogP contribution in [0.5, 0.6) is 0 Å². The Balaban J connectivity index is 4.02. The molecule has 0 bridgehead atoms. The molecule has 12 heavy (non-hydrogen) atoms. The largest absolute Gasteiger partial charge is 0.472 e. The summed E-state index contributed by atoms with van der Waals surface area (Å²) in [5.74, 6) is 4.71. The number of carboxylic acids is 1. The molecule has 0 amide bonds. The minimum Gasteiger partial charge on any atom is -0.472 e. The highest BCUT2D eigenvalue weighted by atomic mass is 16.4. The first-order valence-electron chi connectivity index (χ1n) is 4.30. The molecular formula is C10H16O2. The highest BCUT2D eigenvalue weighted by molar-refractivity contribution is 5.86. The van der Waals surface area contributed by atoms with E-state index in [4.69, 9.17) is 5.11 Å². The Morgan fingerprint density at radius 2 is 2.08 bits per heavy atom. The molecule has 0 rings (SSSR count). The van der Waals surface area contributed by atoms with Crippen LogP contribution in [0.1, 0.15) is 33.6 Å². The third-order valence-electron chi connectivity index (χ3n) is 1.63. The molecule has 0 aliphatic heterocycles. The quantitative estimate of drug-likeness (QED) is 0.655. The maximum atomic E-state index is 10.1. The summed E-state index contributed by atoms with van der Waals surface area (Å²) in [4.78, 5) is 10.1. The first-order valence-corrected chi connectivity index (χ1v) is 4.30. The van der Waals surface area contributed by atoms with Gasteiger partial charge in [-0.3, -0.25) is 0 Å². The van der Waals surface area contributed by atoms with Gasteiger partial charge in [-0.05, 0) is 18.8 Å². The summed E-state index contributed by atoms with van der Waals surface area (Å²) in [6.07, 6.45) is 1.91. The van der Waals surface area contributed by atoms with Crippen molar-refractivity contribution in [3.63, 3.8) is 0 Å². The summed E-state index contributed by atoms with van der Waals surface area (Å²) in [7, 11) is 0. The summed E-state index contributed by atoms with van der Waals surface area (Å²) in [6, 6.07) is 0. The van der Waals surface area contributed by atoms with Crippen LogP contribution >= 0.6 is 0 Å². The molecule has 0 saturated carbocycles. The summed E-state index contributed by atoms with van der Waals surface area (Å²) >= 11 is 0. The Hall–Kier alpha value is -0.970. The van der Waals surface area contributed by atoms with E-state index < -0.39 is 5.97 Å². The fourth-order valence-corrected chi connectivity index (χ4v) is 1.06. The number of carboxylic acid groups (broad SMARTS) is 1. The molecule has 0 aromatic heterocycles. The number of aliphatic carboxylic acids is 1. The zero-order valence-corrected chi connectivity index (χ0v) is 7.92. The molecule has 68 valence electrons. The van der Waals surface area contributed by atoms with Crippen molar-refractivity contribution in [2.75, 3.05) is 0 Å². The Morgan fingerprint density at radius 3 is 2.42 bits per heavy atom. The summed E-state index contributed by atoms with van der Waals surface area (Å²) in [6.45, 7) is 6.26. The topological polar surface area (TPSA) is 37.3 Å². The summed E-state index contributed by atoms with van der Waals surface area (Å²) in [5, 5.41) is 8.32. The Kier molecular flexibility index (Phi) is 5.19. The molecule has 0 aliphatic rings. The lowest BCUT2D eigenvalue weighted by Crippen LogP contribution is -2.01. The minimum atomic E-state index is -1.03. The fourth-order valence-electron chi connectivity index (χ4n) is 1.06. The predicted octanol–water partition coefficient (Wildman–Crippen LogP) is 2.15. The second-order valence-electron chi connectivity index (χ2n) is 3.31. The first kappa shape index (κ1) is 11.0. The van der Waals surface area contributed by atoms with Crippen molar-refractivity contribution in [1.82, 2.24) is 0 Å². The Morgan fingerprint density at radius 1 is 1.50 bits per heavy atom. The van der Waals surface area contributed by atoms with Crippen LogP contribution in [0.4, 0.5) is 0 Å². The monoisotopic (exact) mass is 168 g/mol. The molecule has 2 heteroatoms. The van der Waals surface area contributed by atoms with Gasteiger partial charge in [0.25, 0.3) is 0 Å². The molecule has 1 unspecified atom stereocenters. The van der Waals surface area contributed by atoms with E-state index >= 15 is 0 Å². The summed E-state index contributed by atoms with van der Waals surface area (Å²) < 4.78 is 0. The van der Waals surface area contributed by atoms with E-state index in [1.807, 2.05) is 6.92 Å². The SMILES string of the molecule is CCC(C#CC(=O)O)CC(C)C. The number of hydrogen-bond donors (Lipinski definition) is 1. The van der Waals surface area contributed by atoms with Crippen molar-refractivity contribution < 1.29 is 9.90 Å². The molecule has 1 atom stereocenters. The van der Waals surface area contributed by atoms with Gasteiger partial charge >= 0.3 is 5.97 Å². The van der Waals surface area contributed by atoms with Gasteiger partial charge in [0.1, 0.15) is 0 Å². The van der Waals surface area contributed by atoms with Gasteiger partial charge in [-0.25, -0.2) is 4.79 Å². The smallest absolute Gasteiger partial charge is 0.381 e. The van der Waals surface area contributed by atoms with E-state index in [1.165, 1.54) is 0 Å². The average Bonchev–Trinajstić information content (AvgIpc) is 1.97. The maximum Gasteiger partial charge on any atom is 0.381 e. The predicted molar refractivity (Wildman–Crippen MR) is 48.6 cm³/mol. The van der Waals surface area contributed by atoms with Gasteiger partial charge in [-0.2, -0.15) is 0 Å². The minimum absolute atomic E-state index is 0.237. The van der Waals surface area contributed by atoms with Gasteiger partial charge in [-0.15, -0.1) is 0 Å². The van der Waals surface area contributed by atoms with Crippen LogP contribution in [0, 0.1) is 23.7 Å². The zero-order valence-electron chi connectivity index (χ0n) is 7.92. The van der Waals surface area contributed by atoms with Gasteiger partial charge in [0.05, 0.1) is 0 Å². The van der Waals surface area contributed by atoms with Gasteiger partial charge in [-0.1, -0.05) is 26.7 Å². The van der Waals surface area contributed by atoms with Gasteiger partial charge in [0, 0.05) is 11.8 Å². The van der Waals surface area contributed by atoms with Gasteiger partial charge < -0.3 is 5.11 Å². The standard InChI is InChI=1S/C10H16O2/c1-4-9(7-8(2)3)5-6-10(11)12/h8-9H,4,7H2,1-3H3,(H,11,12). The lowest BCUT2D eigenvalue weighted by Gasteiger charge is -2.09. The van der Waals surface area contributed by atoms with Crippen molar-refractivity contribution in [2.45, 2.75) is 33.6 Å². The van der Waals surface area contributed by atoms with Gasteiger partial charge in [0.15, 0.2) is 0 Å². The van der Waals surface area contributed by atoms with Crippen molar-refractivity contribution in [2.24, 2.45) is 11.8 Å². The first-order chi connectivity index (χ1) is 5.56. The molecule has 0 heterocycles. The molecule has 0 aromatic rings. The lowest BCUT2D eigenvalue weighted by atomic mass is 9.95. The molecular weight excluding hydrogens is 152 g/mol. The van der Waals surface area contributed by atoms with E-state index in [9.17, 15) is 4.79 Å². The third kappa shape index (κ3) is 5.79. The van der Waals surface area contributed by atoms with Crippen LogP contribution in [0.25, 0.3) is 0 Å². The van der Waals surface area contributed by atoms with E-state index in [1.54, 1.807) is 0 Å². The molecule has 0 radical (unpaired) electrons. The third-order valence-corrected chi connectivity index (χ3v) is 1.63. The van der Waals surface area contributed by atoms with E-state index in [0.29, 0.717) is 5.92 Å². The normalized spacial score (nSPS) is 12.0. The van der Waals surface area contributed by atoms with Crippen LogP contribution in [0.2, 0.25) is 0 Å². The van der Waals surface area contributed by atoms with Crippen LogP contribution in [-0.2, 0) is 4.79 Å². The zero-order chi connectivity index (χ0) is 9.56. The fraction of sp³-hybridized carbons (Fsp3) is 0.700. The highest BCUT2D eigenvalue weighted by Gasteiger charge is 2.04. The second-order valence-corrected chi connectivity index (χ2v) is 3.31. The highest BCUT2D eigenvalue weighted by Crippen LogP contribution is 2.13. The van der Waals surface area contributed by atoms with E-state index in [0.717, 1.165) is 12.8 Å². The van der Waals surface area contributed by atoms with Crippen LogP contribution in [0.15, 0.2) is 0 Å². The summed E-state index contributed by atoms with van der Waals surface area (Å²) in [5.41, 5.74) is 0. The average molecular weight is 168 g/mol. The lowest BCUT2D eigenvalue weighted by molar-refractivity contribution is -0.130. The molecule has 0 aromatic carbocycles. The van der Waals surface area contributed by atoms with E-state index in [2.05, 4.69) is 25.7 Å². The van der Waals surface area contributed by atoms with Crippen molar-refractivity contribution in [1.29, 1.82) is 0 Å². The molecule has 0 saturated heterocycles. The Bertz CT molecular complexity index is 196. The van der Waals surface area contributed by atoms with Crippen molar-refractivity contribution in [3.8, 4) is 11.8 Å².